The molecule has 0 spiro atoms. The predicted molar refractivity (Wildman–Crippen MR) is 121 cm³/mol. The van der Waals surface area contributed by atoms with Crippen LogP contribution >= 0.6 is 11.6 Å². The molecule has 1 atom stereocenters. The number of hydrogen-bond acceptors (Lipinski definition) is 6. The van der Waals surface area contributed by atoms with Crippen LogP contribution in [0.15, 0.2) is 51.7 Å². The van der Waals surface area contributed by atoms with Crippen LogP contribution in [0, 0.1) is 5.41 Å². The van der Waals surface area contributed by atoms with Crippen LogP contribution in [-0.2, 0) is 6.54 Å². The van der Waals surface area contributed by atoms with E-state index in [0.717, 1.165) is 48.6 Å². The van der Waals surface area contributed by atoms with Gasteiger partial charge in [-0.25, -0.2) is 4.79 Å². The van der Waals surface area contributed by atoms with Gasteiger partial charge in [-0.3, -0.25) is 4.90 Å². The Morgan fingerprint density at radius 3 is 2.81 bits per heavy atom. The summed E-state index contributed by atoms with van der Waals surface area (Å²) >= 11 is 6.19. The number of fused-ring (bicyclic) bond motifs is 2. The average molecular weight is 441 g/mol. The second kappa shape index (κ2) is 7.77. The lowest BCUT2D eigenvalue weighted by molar-refractivity contribution is 0.0978. The van der Waals surface area contributed by atoms with Crippen LogP contribution in [0.5, 0.6) is 11.5 Å². The van der Waals surface area contributed by atoms with E-state index in [-0.39, 0.29) is 17.1 Å². The number of nitrogens with zero attached hydrogens (tertiary/aromatic N) is 1. The first-order valence-electron chi connectivity index (χ1n) is 10.5. The Kier molecular flexibility index (Phi) is 5.07. The first-order valence-corrected chi connectivity index (χ1v) is 10.9. The maximum Gasteiger partial charge on any atom is 0.338 e. The summed E-state index contributed by atoms with van der Waals surface area (Å²) in [6.45, 7) is 7.56. The van der Waals surface area contributed by atoms with E-state index < -0.39 is 0 Å². The Bertz CT molecular complexity index is 1190. The highest BCUT2D eigenvalue weighted by Crippen LogP contribution is 2.36. The molecule has 0 bridgehead atoms. The van der Waals surface area contributed by atoms with Crippen molar-refractivity contribution in [3.05, 3.63) is 63.5 Å². The van der Waals surface area contributed by atoms with Crippen LogP contribution in [0.4, 0.5) is 5.69 Å². The molecule has 1 unspecified atom stereocenters. The lowest BCUT2D eigenvalue weighted by atomic mass is 9.78. The maximum absolute atomic E-state index is 12.1. The van der Waals surface area contributed by atoms with Gasteiger partial charge in [0.2, 0.25) is 6.79 Å². The molecule has 0 amide bonds. The van der Waals surface area contributed by atoms with Gasteiger partial charge in [0.1, 0.15) is 5.58 Å². The third-order valence-corrected chi connectivity index (χ3v) is 6.42. The number of ether oxygens (including phenoxy) is 2. The van der Waals surface area contributed by atoms with Crippen LogP contribution in [0.3, 0.4) is 0 Å². The Labute approximate surface area is 185 Å². The highest BCUT2D eigenvalue weighted by Gasteiger charge is 2.36. The number of hydrogen-bond donors (Lipinski definition) is 1. The van der Waals surface area contributed by atoms with Crippen molar-refractivity contribution in [2.24, 2.45) is 5.41 Å². The minimum Gasteiger partial charge on any atom is -0.454 e. The number of rotatable bonds is 4. The van der Waals surface area contributed by atoms with E-state index in [9.17, 15) is 4.79 Å². The molecule has 3 heterocycles. The molecule has 1 N–H and O–H groups in total. The van der Waals surface area contributed by atoms with Gasteiger partial charge in [0, 0.05) is 42.2 Å². The van der Waals surface area contributed by atoms with E-state index in [2.05, 4.69) is 36.2 Å². The van der Waals surface area contributed by atoms with Gasteiger partial charge in [0.25, 0.3) is 0 Å². The van der Waals surface area contributed by atoms with Crippen molar-refractivity contribution in [3.63, 3.8) is 0 Å². The summed E-state index contributed by atoms with van der Waals surface area (Å²) in [6.07, 6.45) is 0.958. The van der Waals surface area contributed by atoms with Gasteiger partial charge in [-0.15, -0.1) is 0 Å². The number of anilines is 1. The molecule has 0 radical (unpaired) electrons. The van der Waals surface area contributed by atoms with Crippen molar-refractivity contribution in [2.45, 2.75) is 32.9 Å². The topological polar surface area (TPSA) is 63.9 Å². The summed E-state index contributed by atoms with van der Waals surface area (Å²) in [5, 5.41) is 5.06. The standard InChI is InChI=1S/C24H25ClN2O4/c1-24(2)13-27(12-15-3-5-20-21(9-15)30-14-29-20)8-7-22(24)26-18-11-23(28)31-19-6-4-16(25)10-17(18)19/h3-6,9-11,22,26H,7-8,12-14H2,1-2H3. The highest BCUT2D eigenvalue weighted by molar-refractivity contribution is 6.31. The van der Waals surface area contributed by atoms with Crippen LogP contribution in [0.25, 0.3) is 11.0 Å². The van der Waals surface area contributed by atoms with Crippen molar-refractivity contribution >= 4 is 28.3 Å². The fourth-order valence-corrected chi connectivity index (χ4v) is 4.78. The Hall–Kier alpha value is -2.70. The third-order valence-electron chi connectivity index (χ3n) is 6.19. The molecule has 2 aromatic carbocycles. The van der Waals surface area contributed by atoms with Crippen molar-refractivity contribution in [2.75, 3.05) is 25.2 Å². The van der Waals surface area contributed by atoms with Crippen molar-refractivity contribution in [1.29, 1.82) is 0 Å². The van der Waals surface area contributed by atoms with E-state index in [1.54, 1.807) is 12.1 Å². The summed E-state index contributed by atoms with van der Waals surface area (Å²) in [6, 6.07) is 13.2. The van der Waals surface area contributed by atoms with E-state index in [0.29, 0.717) is 17.4 Å². The van der Waals surface area contributed by atoms with Crippen molar-refractivity contribution in [3.8, 4) is 11.5 Å². The van der Waals surface area contributed by atoms with Crippen LogP contribution in [0.1, 0.15) is 25.8 Å². The molecule has 162 valence electrons. The molecule has 1 aromatic heterocycles. The Balaban J connectivity index is 1.32. The van der Waals surface area contributed by atoms with Gasteiger partial charge in [0.15, 0.2) is 11.5 Å². The predicted octanol–water partition coefficient (Wildman–Crippen LogP) is 4.89. The quantitative estimate of drug-likeness (QED) is 0.583. The van der Waals surface area contributed by atoms with Gasteiger partial charge in [-0.1, -0.05) is 31.5 Å². The summed E-state index contributed by atoms with van der Waals surface area (Å²) in [4.78, 5) is 14.5. The van der Waals surface area contributed by atoms with E-state index in [4.69, 9.17) is 25.5 Å². The molecular weight excluding hydrogens is 416 g/mol. The number of benzene rings is 2. The Morgan fingerprint density at radius 1 is 1.13 bits per heavy atom. The zero-order valence-electron chi connectivity index (χ0n) is 17.6. The highest BCUT2D eigenvalue weighted by atomic mass is 35.5. The Morgan fingerprint density at radius 2 is 1.97 bits per heavy atom. The zero-order valence-corrected chi connectivity index (χ0v) is 18.4. The molecule has 0 aliphatic carbocycles. The molecule has 0 saturated carbocycles. The van der Waals surface area contributed by atoms with Crippen molar-refractivity contribution < 1.29 is 13.9 Å². The van der Waals surface area contributed by atoms with Crippen LogP contribution in [-0.4, -0.2) is 30.8 Å². The fourth-order valence-electron chi connectivity index (χ4n) is 4.61. The molecule has 2 aliphatic heterocycles. The number of piperidine rings is 1. The molecular formula is C24H25ClN2O4. The first-order chi connectivity index (χ1) is 14.9. The molecule has 1 saturated heterocycles. The molecule has 6 nitrogen and oxygen atoms in total. The summed E-state index contributed by atoms with van der Waals surface area (Å²) in [5.41, 5.74) is 2.16. The van der Waals surface area contributed by atoms with Gasteiger partial charge in [0.05, 0.1) is 5.69 Å². The lowest BCUT2D eigenvalue weighted by Crippen LogP contribution is -2.51. The van der Waals surface area contributed by atoms with Gasteiger partial charge < -0.3 is 19.2 Å². The average Bonchev–Trinajstić information content (AvgIpc) is 3.18. The van der Waals surface area contributed by atoms with Gasteiger partial charge >= 0.3 is 5.63 Å². The van der Waals surface area contributed by atoms with Crippen molar-refractivity contribution in [1.82, 2.24) is 4.90 Å². The van der Waals surface area contributed by atoms with E-state index >= 15 is 0 Å². The number of halogens is 1. The van der Waals surface area contributed by atoms with Crippen LogP contribution in [0.2, 0.25) is 5.02 Å². The summed E-state index contributed by atoms with van der Waals surface area (Å²) < 4.78 is 16.3. The van der Waals surface area contributed by atoms with Gasteiger partial charge in [-0.05, 0) is 47.7 Å². The maximum atomic E-state index is 12.1. The summed E-state index contributed by atoms with van der Waals surface area (Å²) in [7, 11) is 0. The number of nitrogens with one attached hydrogen (secondary N) is 1. The van der Waals surface area contributed by atoms with Gasteiger partial charge in [-0.2, -0.15) is 0 Å². The second-order valence-corrected chi connectivity index (χ2v) is 9.43. The normalized spacial score (nSPS) is 20.2. The SMILES string of the molecule is CC1(C)CN(Cc2ccc3c(c2)OCO3)CCC1Nc1cc(=O)oc2ccc(Cl)cc12. The molecule has 31 heavy (non-hydrogen) atoms. The smallest absolute Gasteiger partial charge is 0.338 e. The zero-order chi connectivity index (χ0) is 21.6. The summed E-state index contributed by atoms with van der Waals surface area (Å²) in [5.74, 6) is 1.63. The minimum atomic E-state index is -0.365. The van der Waals surface area contributed by atoms with Crippen LogP contribution < -0.4 is 20.4 Å². The minimum absolute atomic E-state index is 0.00445. The first kappa shape index (κ1) is 20.2. The largest absolute Gasteiger partial charge is 0.454 e. The second-order valence-electron chi connectivity index (χ2n) is 8.99. The molecule has 1 fully saturated rings. The molecule has 2 aliphatic rings. The lowest BCUT2D eigenvalue weighted by Gasteiger charge is -2.45. The van der Waals surface area contributed by atoms with E-state index in [1.165, 1.54) is 11.6 Å². The number of likely N-dealkylation sites (tertiary alicyclic amines) is 1. The monoisotopic (exact) mass is 440 g/mol. The molecule has 7 heteroatoms. The molecule has 3 aromatic rings. The molecule has 5 rings (SSSR count). The fraction of sp³-hybridized carbons (Fsp3) is 0.375. The third kappa shape index (κ3) is 4.10. The van der Waals surface area contributed by atoms with E-state index in [1.807, 2.05) is 12.1 Å².